The van der Waals surface area contributed by atoms with Gasteiger partial charge in [0.25, 0.3) is 0 Å². The second-order valence-corrected chi connectivity index (χ2v) is 6.08. The van der Waals surface area contributed by atoms with Crippen LogP contribution >= 0.6 is 11.8 Å². The molecule has 0 spiro atoms. The van der Waals surface area contributed by atoms with Crippen LogP contribution < -0.4 is 0 Å². The van der Waals surface area contributed by atoms with Gasteiger partial charge in [0, 0.05) is 36.0 Å². The number of carbonyl (C=O) groups is 1. The first-order chi connectivity index (χ1) is 7.08. The SMILES string of the molecule is CC1(C)CN(C(=O)n2ccnc2)CCS1. The Morgan fingerprint density at radius 3 is 2.93 bits per heavy atom. The zero-order valence-electron chi connectivity index (χ0n) is 9.01. The molecule has 1 fully saturated rings. The average Bonchev–Trinajstić information content (AvgIpc) is 2.67. The van der Waals surface area contributed by atoms with Crippen LogP contribution in [0.5, 0.6) is 0 Å². The Morgan fingerprint density at radius 1 is 1.53 bits per heavy atom. The van der Waals surface area contributed by atoms with Gasteiger partial charge in [-0.3, -0.25) is 4.57 Å². The standard InChI is InChI=1S/C10H15N3OS/c1-10(2)7-12(5-6-15-10)9(14)13-4-3-11-8-13/h3-4,8H,5-7H2,1-2H3. The van der Waals surface area contributed by atoms with E-state index in [1.807, 2.05) is 16.7 Å². The first-order valence-corrected chi connectivity index (χ1v) is 5.98. The van der Waals surface area contributed by atoms with Crippen molar-refractivity contribution in [2.45, 2.75) is 18.6 Å². The molecule has 5 heteroatoms. The van der Waals surface area contributed by atoms with Crippen molar-refractivity contribution in [1.82, 2.24) is 14.5 Å². The lowest BCUT2D eigenvalue weighted by atomic mass is 10.2. The zero-order chi connectivity index (χ0) is 10.9. The van der Waals surface area contributed by atoms with Crippen LogP contribution in [0.15, 0.2) is 18.7 Å². The number of hydrogen-bond acceptors (Lipinski definition) is 3. The molecule has 82 valence electrons. The molecule has 0 aromatic carbocycles. The maximum atomic E-state index is 12.0. The van der Waals surface area contributed by atoms with E-state index in [0.29, 0.717) is 0 Å². The summed E-state index contributed by atoms with van der Waals surface area (Å²) < 4.78 is 1.69. The molecule has 0 saturated carbocycles. The highest BCUT2D eigenvalue weighted by Gasteiger charge is 2.30. The van der Waals surface area contributed by atoms with E-state index in [-0.39, 0.29) is 10.8 Å². The molecule has 1 aliphatic rings. The fourth-order valence-electron chi connectivity index (χ4n) is 1.72. The summed E-state index contributed by atoms with van der Waals surface area (Å²) >= 11 is 1.92. The number of amides is 1. The molecule has 0 radical (unpaired) electrons. The smallest absolute Gasteiger partial charge is 0.322 e. The maximum Gasteiger partial charge on any atom is 0.329 e. The van der Waals surface area contributed by atoms with E-state index < -0.39 is 0 Å². The number of rotatable bonds is 0. The predicted octanol–water partition coefficient (Wildman–Crippen LogP) is 1.68. The van der Waals surface area contributed by atoms with Crippen LogP contribution in [0.2, 0.25) is 0 Å². The number of aromatic nitrogens is 2. The molecule has 0 atom stereocenters. The third-order valence-corrected chi connectivity index (χ3v) is 3.72. The molecule has 2 rings (SSSR count). The van der Waals surface area contributed by atoms with Gasteiger partial charge in [-0.15, -0.1) is 0 Å². The minimum atomic E-state index is 0.0286. The van der Waals surface area contributed by atoms with Crippen LogP contribution in [0.4, 0.5) is 4.79 Å². The van der Waals surface area contributed by atoms with Crippen LogP contribution in [0.25, 0.3) is 0 Å². The van der Waals surface area contributed by atoms with Gasteiger partial charge < -0.3 is 4.90 Å². The van der Waals surface area contributed by atoms with Crippen molar-refractivity contribution in [1.29, 1.82) is 0 Å². The highest BCUT2D eigenvalue weighted by Crippen LogP contribution is 2.29. The van der Waals surface area contributed by atoms with Crippen molar-refractivity contribution in [3.63, 3.8) is 0 Å². The quantitative estimate of drug-likeness (QED) is 0.674. The average molecular weight is 225 g/mol. The van der Waals surface area contributed by atoms with Gasteiger partial charge >= 0.3 is 6.03 Å². The first-order valence-electron chi connectivity index (χ1n) is 5.00. The van der Waals surface area contributed by atoms with E-state index in [2.05, 4.69) is 18.8 Å². The van der Waals surface area contributed by atoms with E-state index in [1.165, 1.54) is 4.57 Å². The Morgan fingerprint density at radius 2 is 2.33 bits per heavy atom. The predicted molar refractivity (Wildman–Crippen MR) is 61.1 cm³/mol. The Kier molecular flexibility index (Phi) is 2.73. The second-order valence-electron chi connectivity index (χ2n) is 4.28. The van der Waals surface area contributed by atoms with Crippen LogP contribution in [0, 0.1) is 0 Å². The van der Waals surface area contributed by atoms with Crippen molar-refractivity contribution in [3.8, 4) is 0 Å². The van der Waals surface area contributed by atoms with Crippen molar-refractivity contribution < 1.29 is 4.79 Å². The first kappa shape index (κ1) is 10.5. The summed E-state index contributed by atoms with van der Waals surface area (Å²) in [7, 11) is 0. The second kappa shape index (κ2) is 3.89. The molecule has 0 unspecified atom stereocenters. The lowest BCUT2D eigenvalue weighted by molar-refractivity contribution is 0.196. The number of hydrogen-bond donors (Lipinski definition) is 0. The van der Waals surface area contributed by atoms with Gasteiger partial charge in [-0.2, -0.15) is 11.8 Å². The zero-order valence-corrected chi connectivity index (χ0v) is 9.83. The lowest BCUT2D eigenvalue weighted by Crippen LogP contribution is -2.47. The number of nitrogens with zero attached hydrogens (tertiary/aromatic N) is 3. The Balaban J connectivity index is 2.08. The molecule has 15 heavy (non-hydrogen) atoms. The Bertz CT molecular complexity index is 348. The monoisotopic (exact) mass is 225 g/mol. The summed E-state index contributed by atoms with van der Waals surface area (Å²) in [6, 6.07) is 0.0286. The van der Waals surface area contributed by atoms with Crippen LogP contribution in [-0.2, 0) is 0 Å². The minimum Gasteiger partial charge on any atom is -0.322 e. The lowest BCUT2D eigenvalue weighted by Gasteiger charge is -2.37. The molecule has 1 aliphatic heterocycles. The van der Waals surface area contributed by atoms with Crippen molar-refractivity contribution in [2.24, 2.45) is 0 Å². The summed E-state index contributed by atoms with van der Waals surface area (Å²) in [5.41, 5.74) is 0. The highest BCUT2D eigenvalue weighted by molar-refractivity contribution is 8.00. The van der Waals surface area contributed by atoms with Crippen LogP contribution in [-0.4, -0.2) is 44.1 Å². The molecule has 2 heterocycles. The van der Waals surface area contributed by atoms with E-state index in [0.717, 1.165) is 18.8 Å². The van der Waals surface area contributed by atoms with Crippen LogP contribution in [0.1, 0.15) is 13.8 Å². The van der Waals surface area contributed by atoms with Gasteiger partial charge in [0.2, 0.25) is 0 Å². The fourth-order valence-corrected chi connectivity index (χ4v) is 2.83. The van der Waals surface area contributed by atoms with E-state index in [4.69, 9.17) is 0 Å². The maximum absolute atomic E-state index is 12.0. The third kappa shape index (κ3) is 2.34. The molecule has 0 bridgehead atoms. The van der Waals surface area contributed by atoms with Crippen molar-refractivity contribution in [2.75, 3.05) is 18.8 Å². The summed E-state index contributed by atoms with van der Waals surface area (Å²) in [5, 5.41) is 0. The largest absolute Gasteiger partial charge is 0.329 e. The van der Waals surface area contributed by atoms with Gasteiger partial charge in [0.1, 0.15) is 6.33 Å². The number of imidazole rings is 1. The summed E-state index contributed by atoms with van der Waals surface area (Å²) in [6.07, 6.45) is 4.87. The van der Waals surface area contributed by atoms with Crippen LogP contribution in [0.3, 0.4) is 0 Å². The molecular weight excluding hydrogens is 210 g/mol. The summed E-state index contributed by atoms with van der Waals surface area (Å²) in [5.74, 6) is 1.01. The number of thioether (sulfide) groups is 1. The number of carbonyl (C=O) groups excluding carboxylic acids is 1. The van der Waals surface area contributed by atoms with Gasteiger partial charge in [-0.25, -0.2) is 9.78 Å². The Labute approximate surface area is 93.7 Å². The molecule has 1 amide bonds. The molecule has 4 nitrogen and oxygen atoms in total. The van der Waals surface area contributed by atoms with E-state index >= 15 is 0 Å². The van der Waals surface area contributed by atoms with Gasteiger partial charge in [0.15, 0.2) is 0 Å². The normalized spacial score (nSPS) is 20.3. The highest BCUT2D eigenvalue weighted by atomic mass is 32.2. The van der Waals surface area contributed by atoms with Gasteiger partial charge in [-0.05, 0) is 13.8 Å². The van der Waals surface area contributed by atoms with Crippen molar-refractivity contribution in [3.05, 3.63) is 18.7 Å². The Hall–Kier alpha value is -0.970. The van der Waals surface area contributed by atoms with E-state index in [1.54, 1.807) is 18.7 Å². The summed E-state index contributed by atoms with van der Waals surface area (Å²) in [4.78, 5) is 17.8. The molecule has 0 aliphatic carbocycles. The van der Waals surface area contributed by atoms with Gasteiger partial charge in [-0.1, -0.05) is 0 Å². The third-order valence-electron chi connectivity index (χ3n) is 2.42. The van der Waals surface area contributed by atoms with Gasteiger partial charge in [0.05, 0.1) is 0 Å². The topological polar surface area (TPSA) is 38.1 Å². The minimum absolute atomic E-state index is 0.0286. The molecule has 1 aromatic rings. The molecule has 0 N–H and O–H groups in total. The van der Waals surface area contributed by atoms with Crippen molar-refractivity contribution >= 4 is 17.8 Å². The summed E-state index contributed by atoms with van der Waals surface area (Å²) in [6.45, 7) is 5.97. The molecule has 1 saturated heterocycles. The fraction of sp³-hybridized carbons (Fsp3) is 0.600. The molecule has 1 aromatic heterocycles. The molecular formula is C10H15N3OS. The van der Waals surface area contributed by atoms with E-state index in [9.17, 15) is 4.79 Å².